The summed E-state index contributed by atoms with van der Waals surface area (Å²) in [6, 6.07) is 7.53. The average Bonchev–Trinajstić information content (AvgIpc) is 2.99. The van der Waals surface area contributed by atoms with E-state index in [9.17, 15) is 9.59 Å². The van der Waals surface area contributed by atoms with Gasteiger partial charge in [0.15, 0.2) is 11.2 Å². The van der Waals surface area contributed by atoms with Crippen LogP contribution in [0.2, 0.25) is 0 Å². The van der Waals surface area contributed by atoms with Gasteiger partial charge in [-0.1, -0.05) is 17.7 Å². The van der Waals surface area contributed by atoms with Gasteiger partial charge in [0.2, 0.25) is 0 Å². The number of ether oxygens (including phenoxy) is 1. The number of carbonyl (C=O) groups excluding carboxylic acids is 1. The van der Waals surface area contributed by atoms with Crippen molar-refractivity contribution in [1.29, 1.82) is 0 Å². The Balaban J connectivity index is 2.16. The minimum atomic E-state index is -0.395. The van der Waals surface area contributed by atoms with E-state index in [0.29, 0.717) is 18.8 Å². The fourth-order valence-electron chi connectivity index (χ4n) is 2.46. The molecule has 1 N–H and O–H groups in total. The van der Waals surface area contributed by atoms with Gasteiger partial charge in [0.05, 0.1) is 18.6 Å². The normalized spacial score (nSPS) is 11.0. The number of amides is 1. The number of aromatic nitrogens is 4. The van der Waals surface area contributed by atoms with Crippen molar-refractivity contribution < 1.29 is 9.53 Å². The number of nitrogens with one attached hydrogen (secondary N) is 1. The molecule has 8 heteroatoms. The van der Waals surface area contributed by atoms with Crippen molar-refractivity contribution in [2.24, 2.45) is 7.05 Å². The second-order valence-corrected chi connectivity index (χ2v) is 5.70. The van der Waals surface area contributed by atoms with Crippen LogP contribution in [0.25, 0.3) is 16.7 Å². The zero-order chi connectivity index (χ0) is 18.0. The van der Waals surface area contributed by atoms with Crippen LogP contribution in [0.4, 0.5) is 0 Å². The highest BCUT2D eigenvalue weighted by atomic mass is 16.5. The molecule has 0 aliphatic rings. The van der Waals surface area contributed by atoms with Crippen molar-refractivity contribution in [2.75, 3.05) is 20.3 Å². The molecule has 0 saturated carbocycles. The van der Waals surface area contributed by atoms with Crippen LogP contribution in [-0.4, -0.2) is 45.5 Å². The van der Waals surface area contributed by atoms with Gasteiger partial charge in [-0.05, 0) is 19.1 Å². The summed E-state index contributed by atoms with van der Waals surface area (Å²) < 4.78 is 7.76. The van der Waals surface area contributed by atoms with Gasteiger partial charge in [-0.3, -0.25) is 9.59 Å². The molecule has 0 saturated heterocycles. The van der Waals surface area contributed by atoms with Crippen LogP contribution in [0.15, 0.2) is 35.4 Å². The number of hydrogen-bond donors (Lipinski definition) is 1. The second kappa shape index (κ2) is 6.86. The molecule has 0 fully saturated rings. The van der Waals surface area contributed by atoms with E-state index in [1.807, 2.05) is 31.2 Å². The van der Waals surface area contributed by atoms with Gasteiger partial charge in [0, 0.05) is 20.7 Å². The summed E-state index contributed by atoms with van der Waals surface area (Å²) in [5.74, 6) is -0.395. The lowest BCUT2D eigenvalue weighted by Gasteiger charge is -2.04. The molecule has 1 aromatic carbocycles. The Morgan fingerprint density at radius 3 is 2.68 bits per heavy atom. The Labute approximate surface area is 144 Å². The van der Waals surface area contributed by atoms with Gasteiger partial charge in [0.1, 0.15) is 5.52 Å². The average molecular weight is 341 g/mol. The molecule has 0 aliphatic heterocycles. The molecule has 3 rings (SSSR count). The van der Waals surface area contributed by atoms with E-state index in [-0.39, 0.29) is 22.3 Å². The van der Waals surface area contributed by atoms with Crippen molar-refractivity contribution >= 4 is 16.9 Å². The van der Waals surface area contributed by atoms with Crippen molar-refractivity contribution in [3.8, 4) is 5.69 Å². The molecule has 0 radical (unpaired) electrons. The summed E-state index contributed by atoms with van der Waals surface area (Å²) in [5, 5.41) is 7.07. The van der Waals surface area contributed by atoms with E-state index in [4.69, 9.17) is 4.74 Å². The van der Waals surface area contributed by atoms with Gasteiger partial charge in [-0.2, -0.15) is 5.10 Å². The maximum atomic E-state index is 12.6. The molecule has 3 aromatic rings. The molecular formula is C17H19N5O3. The summed E-state index contributed by atoms with van der Waals surface area (Å²) in [6.07, 6.45) is 1.39. The molecule has 2 aromatic heterocycles. The lowest BCUT2D eigenvalue weighted by Crippen LogP contribution is -2.27. The molecule has 0 spiro atoms. The lowest BCUT2D eigenvalue weighted by molar-refractivity contribution is 0.0933. The third-order valence-electron chi connectivity index (χ3n) is 3.83. The molecule has 130 valence electrons. The first-order valence-corrected chi connectivity index (χ1v) is 7.81. The lowest BCUT2D eigenvalue weighted by atomic mass is 10.2. The topological polar surface area (TPSA) is 91.0 Å². The number of hydrogen-bond acceptors (Lipinski definition) is 5. The Kier molecular flexibility index (Phi) is 4.62. The van der Waals surface area contributed by atoms with Crippen LogP contribution in [-0.2, 0) is 11.8 Å². The van der Waals surface area contributed by atoms with Crippen molar-refractivity contribution in [3.63, 3.8) is 0 Å². The molecule has 0 unspecified atom stereocenters. The minimum Gasteiger partial charge on any atom is -0.383 e. The smallest absolute Gasteiger partial charge is 0.279 e. The van der Waals surface area contributed by atoms with Crippen LogP contribution in [0.1, 0.15) is 16.1 Å². The van der Waals surface area contributed by atoms with Gasteiger partial charge in [-0.15, -0.1) is 0 Å². The van der Waals surface area contributed by atoms with E-state index < -0.39 is 5.91 Å². The molecule has 2 heterocycles. The molecule has 8 nitrogen and oxygen atoms in total. The number of benzene rings is 1. The maximum Gasteiger partial charge on any atom is 0.279 e. The van der Waals surface area contributed by atoms with Crippen molar-refractivity contribution in [3.05, 3.63) is 52.2 Å². The first kappa shape index (κ1) is 16.8. The first-order valence-electron chi connectivity index (χ1n) is 7.81. The zero-order valence-electron chi connectivity index (χ0n) is 14.3. The highest BCUT2D eigenvalue weighted by Gasteiger charge is 2.22. The maximum absolute atomic E-state index is 12.6. The SMILES string of the molecule is COCCNC(=O)c1nn(-c2ccc(C)cc2)c2c(=O)n(C)cnc12. The highest BCUT2D eigenvalue weighted by molar-refractivity contribution is 6.03. The third-order valence-corrected chi connectivity index (χ3v) is 3.83. The van der Waals surface area contributed by atoms with Crippen molar-refractivity contribution in [1.82, 2.24) is 24.6 Å². The summed E-state index contributed by atoms with van der Waals surface area (Å²) >= 11 is 0. The molecular weight excluding hydrogens is 322 g/mol. The fourth-order valence-corrected chi connectivity index (χ4v) is 2.46. The van der Waals surface area contributed by atoms with Gasteiger partial charge >= 0.3 is 0 Å². The Hall–Kier alpha value is -3.00. The van der Waals surface area contributed by atoms with Crippen molar-refractivity contribution in [2.45, 2.75) is 6.92 Å². The van der Waals surface area contributed by atoms with E-state index in [0.717, 1.165) is 5.56 Å². The van der Waals surface area contributed by atoms with Crippen LogP contribution in [0, 0.1) is 6.92 Å². The minimum absolute atomic E-state index is 0.115. The number of aryl methyl sites for hydroxylation is 2. The zero-order valence-corrected chi connectivity index (χ0v) is 14.3. The van der Waals surface area contributed by atoms with Crippen LogP contribution >= 0.6 is 0 Å². The van der Waals surface area contributed by atoms with E-state index >= 15 is 0 Å². The predicted molar refractivity (Wildman–Crippen MR) is 93.1 cm³/mol. The number of nitrogens with zero attached hydrogens (tertiary/aromatic N) is 4. The van der Waals surface area contributed by atoms with Gasteiger partial charge in [-0.25, -0.2) is 9.67 Å². The molecule has 25 heavy (non-hydrogen) atoms. The molecule has 0 atom stereocenters. The van der Waals surface area contributed by atoms with Crippen LogP contribution in [0.3, 0.4) is 0 Å². The summed E-state index contributed by atoms with van der Waals surface area (Å²) in [6.45, 7) is 2.71. The summed E-state index contributed by atoms with van der Waals surface area (Å²) in [4.78, 5) is 29.3. The number of methoxy groups -OCH3 is 1. The largest absolute Gasteiger partial charge is 0.383 e. The van der Waals surface area contributed by atoms with E-state index in [1.165, 1.54) is 15.6 Å². The molecule has 0 aliphatic carbocycles. The highest BCUT2D eigenvalue weighted by Crippen LogP contribution is 2.18. The quantitative estimate of drug-likeness (QED) is 0.693. The van der Waals surface area contributed by atoms with Crippen LogP contribution in [0.5, 0.6) is 0 Å². The summed E-state index contributed by atoms with van der Waals surface area (Å²) in [5.41, 5.74) is 2.17. The Morgan fingerprint density at radius 2 is 2.00 bits per heavy atom. The summed E-state index contributed by atoms with van der Waals surface area (Å²) in [7, 11) is 3.17. The van der Waals surface area contributed by atoms with E-state index in [2.05, 4.69) is 15.4 Å². The van der Waals surface area contributed by atoms with Gasteiger partial charge in [0.25, 0.3) is 11.5 Å². The standard InChI is InChI=1S/C17H19N5O3/c1-11-4-6-12(7-5-11)22-15-13(19-10-21(2)17(15)24)14(20-22)16(23)18-8-9-25-3/h4-7,10H,8-9H2,1-3H3,(H,18,23). The first-order chi connectivity index (χ1) is 12.0. The van der Waals surface area contributed by atoms with Gasteiger partial charge < -0.3 is 14.6 Å². The Morgan fingerprint density at radius 1 is 1.28 bits per heavy atom. The number of carbonyl (C=O) groups is 1. The molecule has 1 amide bonds. The monoisotopic (exact) mass is 341 g/mol. The number of fused-ring (bicyclic) bond motifs is 1. The predicted octanol–water partition coefficient (Wildman–Crippen LogP) is 0.804. The molecule has 0 bridgehead atoms. The number of rotatable bonds is 5. The third kappa shape index (κ3) is 3.16. The van der Waals surface area contributed by atoms with E-state index in [1.54, 1.807) is 14.2 Å². The fraction of sp³-hybridized carbons (Fsp3) is 0.294. The Bertz CT molecular complexity index is 972. The second-order valence-electron chi connectivity index (χ2n) is 5.70. The van der Waals surface area contributed by atoms with Crippen LogP contribution < -0.4 is 10.9 Å².